The molecular formula is C15H28N2OS. The zero-order valence-corrected chi connectivity index (χ0v) is 13.0. The minimum atomic E-state index is 0.217. The number of rotatable bonds is 2. The van der Waals surface area contributed by atoms with Crippen LogP contribution in [0, 0.1) is 11.8 Å². The van der Waals surface area contributed by atoms with Crippen molar-refractivity contribution >= 4 is 11.8 Å². The molecule has 0 aliphatic carbocycles. The normalized spacial score (nSPS) is 44.8. The van der Waals surface area contributed by atoms with E-state index < -0.39 is 0 Å². The van der Waals surface area contributed by atoms with Crippen LogP contribution in [0.2, 0.25) is 0 Å². The minimum absolute atomic E-state index is 0.217. The van der Waals surface area contributed by atoms with Gasteiger partial charge in [0.1, 0.15) is 0 Å². The molecular weight excluding hydrogens is 256 g/mol. The average Bonchev–Trinajstić information content (AvgIpc) is 2.87. The Labute approximate surface area is 121 Å². The van der Waals surface area contributed by atoms with E-state index in [-0.39, 0.29) is 5.60 Å². The van der Waals surface area contributed by atoms with E-state index in [2.05, 4.69) is 23.6 Å². The minimum Gasteiger partial charge on any atom is -0.374 e. The van der Waals surface area contributed by atoms with Crippen molar-refractivity contribution in [2.24, 2.45) is 17.6 Å². The summed E-state index contributed by atoms with van der Waals surface area (Å²) in [6.45, 7) is 6.66. The van der Waals surface area contributed by atoms with Crippen LogP contribution < -0.4 is 5.73 Å². The number of hydrogen-bond donors (Lipinski definition) is 1. The molecule has 0 aromatic heterocycles. The highest BCUT2D eigenvalue weighted by molar-refractivity contribution is 7.99. The standard InChI is InChI=1S/C15H28N2OS/c1-12-2-5-17(10-13(12)9-16)14-3-6-18-15(8-14)4-7-19-11-15/h12-14H,2-11,16H2,1H3. The maximum absolute atomic E-state index is 6.15. The van der Waals surface area contributed by atoms with Gasteiger partial charge in [0, 0.05) is 24.9 Å². The highest BCUT2D eigenvalue weighted by Gasteiger charge is 2.42. The lowest BCUT2D eigenvalue weighted by Crippen LogP contribution is -2.53. The quantitative estimate of drug-likeness (QED) is 0.841. The van der Waals surface area contributed by atoms with E-state index >= 15 is 0 Å². The van der Waals surface area contributed by atoms with Crippen LogP contribution in [0.3, 0.4) is 0 Å². The summed E-state index contributed by atoms with van der Waals surface area (Å²) in [7, 11) is 0. The van der Waals surface area contributed by atoms with Crippen LogP contribution in [0.5, 0.6) is 0 Å². The predicted molar refractivity (Wildman–Crippen MR) is 81.5 cm³/mol. The zero-order valence-electron chi connectivity index (χ0n) is 12.1. The molecule has 0 amide bonds. The molecule has 0 aromatic carbocycles. The summed E-state index contributed by atoms with van der Waals surface area (Å²) in [4.78, 5) is 2.73. The lowest BCUT2D eigenvalue weighted by molar-refractivity contribution is -0.0957. The molecule has 0 bridgehead atoms. The van der Waals surface area contributed by atoms with Gasteiger partial charge in [-0.1, -0.05) is 6.92 Å². The van der Waals surface area contributed by atoms with Gasteiger partial charge in [-0.05, 0) is 56.4 Å². The Morgan fingerprint density at radius 2 is 2.32 bits per heavy atom. The van der Waals surface area contributed by atoms with Gasteiger partial charge in [-0.3, -0.25) is 4.90 Å². The predicted octanol–water partition coefficient (Wildman–Crippen LogP) is 1.96. The molecule has 3 aliphatic rings. The molecule has 3 nitrogen and oxygen atoms in total. The summed E-state index contributed by atoms with van der Waals surface area (Å²) in [5.74, 6) is 4.01. The summed E-state index contributed by atoms with van der Waals surface area (Å²) < 4.78 is 6.15. The molecule has 3 fully saturated rings. The van der Waals surface area contributed by atoms with Gasteiger partial charge in [0.25, 0.3) is 0 Å². The first-order chi connectivity index (χ1) is 9.22. The summed E-state index contributed by atoms with van der Waals surface area (Å²) in [6, 6.07) is 0.744. The molecule has 110 valence electrons. The first-order valence-corrected chi connectivity index (χ1v) is 9.04. The topological polar surface area (TPSA) is 38.5 Å². The first-order valence-electron chi connectivity index (χ1n) is 7.88. The fourth-order valence-electron chi connectivity index (χ4n) is 3.99. The zero-order chi connectivity index (χ0) is 13.3. The van der Waals surface area contributed by atoms with Crippen molar-refractivity contribution in [2.45, 2.75) is 44.2 Å². The molecule has 3 heterocycles. The maximum atomic E-state index is 6.15. The third kappa shape index (κ3) is 2.97. The second-order valence-electron chi connectivity index (χ2n) is 6.74. The number of nitrogens with zero attached hydrogens (tertiary/aromatic N) is 1. The van der Waals surface area contributed by atoms with Crippen molar-refractivity contribution in [3.8, 4) is 0 Å². The summed E-state index contributed by atoms with van der Waals surface area (Å²) >= 11 is 2.07. The molecule has 0 aromatic rings. The van der Waals surface area contributed by atoms with E-state index in [9.17, 15) is 0 Å². The largest absolute Gasteiger partial charge is 0.374 e. The van der Waals surface area contributed by atoms with E-state index in [1.54, 1.807) is 0 Å². The Morgan fingerprint density at radius 3 is 3.05 bits per heavy atom. The van der Waals surface area contributed by atoms with Gasteiger partial charge in [0.2, 0.25) is 0 Å². The summed E-state index contributed by atoms with van der Waals surface area (Å²) in [5, 5.41) is 0. The van der Waals surface area contributed by atoms with E-state index in [1.165, 1.54) is 50.3 Å². The van der Waals surface area contributed by atoms with Crippen LogP contribution in [0.15, 0.2) is 0 Å². The average molecular weight is 284 g/mol. The van der Waals surface area contributed by atoms with Crippen LogP contribution in [0.25, 0.3) is 0 Å². The Hall–Kier alpha value is 0.230. The molecule has 1 spiro atoms. The Kier molecular flexibility index (Phi) is 4.42. The van der Waals surface area contributed by atoms with Crippen LogP contribution in [0.4, 0.5) is 0 Å². The highest BCUT2D eigenvalue weighted by Crippen LogP contribution is 2.40. The van der Waals surface area contributed by atoms with Crippen molar-refractivity contribution in [3.05, 3.63) is 0 Å². The van der Waals surface area contributed by atoms with Crippen LogP contribution >= 0.6 is 11.8 Å². The molecule has 4 unspecified atom stereocenters. The fraction of sp³-hybridized carbons (Fsp3) is 1.00. The Balaban J connectivity index is 1.62. The number of thioether (sulfide) groups is 1. The molecule has 0 radical (unpaired) electrons. The molecule has 3 saturated heterocycles. The van der Waals surface area contributed by atoms with Crippen molar-refractivity contribution in [3.63, 3.8) is 0 Å². The number of hydrogen-bond acceptors (Lipinski definition) is 4. The summed E-state index contributed by atoms with van der Waals surface area (Å²) in [5.41, 5.74) is 6.16. The van der Waals surface area contributed by atoms with Crippen LogP contribution in [-0.2, 0) is 4.74 Å². The Morgan fingerprint density at radius 1 is 1.42 bits per heavy atom. The van der Waals surface area contributed by atoms with Crippen molar-refractivity contribution in [1.82, 2.24) is 4.90 Å². The molecule has 4 atom stereocenters. The third-order valence-electron chi connectivity index (χ3n) is 5.50. The maximum Gasteiger partial charge on any atom is 0.0795 e. The van der Waals surface area contributed by atoms with Gasteiger partial charge in [-0.25, -0.2) is 0 Å². The highest BCUT2D eigenvalue weighted by atomic mass is 32.2. The second-order valence-corrected chi connectivity index (χ2v) is 7.84. The van der Waals surface area contributed by atoms with Crippen LogP contribution in [0.1, 0.15) is 32.6 Å². The molecule has 3 rings (SSSR count). The van der Waals surface area contributed by atoms with Crippen molar-refractivity contribution in [2.75, 3.05) is 37.7 Å². The molecule has 19 heavy (non-hydrogen) atoms. The van der Waals surface area contributed by atoms with Gasteiger partial charge in [-0.15, -0.1) is 0 Å². The fourth-order valence-corrected chi connectivity index (χ4v) is 5.37. The number of ether oxygens (including phenoxy) is 1. The van der Waals surface area contributed by atoms with Crippen LogP contribution in [-0.4, -0.2) is 54.3 Å². The molecule has 0 saturated carbocycles. The van der Waals surface area contributed by atoms with Gasteiger partial charge in [-0.2, -0.15) is 11.8 Å². The third-order valence-corrected chi connectivity index (χ3v) is 6.72. The van der Waals surface area contributed by atoms with E-state index in [4.69, 9.17) is 10.5 Å². The lowest BCUT2D eigenvalue weighted by Gasteiger charge is -2.46. The van der Waals surface area contributed by atoms with E-state index in [1.807, 2.05) is 0 Å². The number of nitrogens with two attached hydrogens (primary N) is 1. The van der Waals surface area contributed by atoms with E-state index in [0.717, 1.165) is 25.1 Å². The Bertz CT molecular complexity index is 307. The summed E-state index contributed by atoms with van der Waals surface area (Å²) in [6.07, 6.45) is 5.06. The molecule has 4 heteroatoms. The monoisotopic (exact) mass is 284 g/mol. The smallest absolute Gasteiger partial charge is 0.0795 e. The molecule has 3 aliphatic heterocycles. The first kappa shape index (κ1) is 14.2. The van der Waals surface area contributed by atoms with Gasteiger partial charge in [0.05, 0.1) is 5.60 Å². The lowest BCUT2D eigenvalue weighted by atomic mass is 9.83. The second kappa shape index (κ2) is 5.92. The van der Waals surface area contributed by atoms with Gasteiger partial charge in [0.15, 0.2) is 0 Å². The van der Waals surface area contributed by atoms with Gasteiger partial charge >= 0.3 is 0 Å². The SMILES string of the molecule is CC1CCN(C2CCOC3(CCSC3)C2)CC1CN. The van der Waals surface area contributed by atoms with E-state index in [0.29, 0.717) is 5.92 Å². The van der Waals surface area contributed by atoms with Crippen molar-refractivity contribution in [1.29, 1.82) is 0 Å². The number of likely N-dealkylation sites (tertiary alicyclic amines) is 1. The molecule has 2 N–H and O–H groups in total. The van der Waals surface area contributed by atoms with Gasteiger partial charge < -0.3 is 10.5 Å². The number of piperidine rings is 1. The van der Waals surface area contributed by atoms with Crippen molar-refractivity contribution < 1.29 is 4.74 Å².